The summed E-state index contributed by atoms with van der Waals surface area (Å²) in [5.41, 5.74) is 8.54. The van der Waals surface area contributed by atoms with Crippen LogP contribution in [0.2, 0.25) is 0 Å². The average molecular weight is 395 g/mol. The van der Waals surface area contributed by atoms with Gasteiger partial charge >= 0.3 is 0 Å². The molecule has 1 unspecified atom stereocenters. The van der Waals surface area contributed by atoms with Crippen LogP contribution in [-0.4, -0.2) is 47.9 Å². The Labute approximate surface area is 172 Å². The highest BCUT2D eigenvalue weighted by Crippen LogP contribution is 2.27. The second-order valence-corrected chi connectivity index (χ2v) is 8.37. The fourth-order valence-electron chi connectivity index (χ4n) is 4.55. The number of carbonyl (C=O) groups is 2. The standard InChI is InChI=1S/C23H30N4O2/c24-18-7-9-19(10-8-18)25-12-2-1-4-16-6-11-20-17(14-16)15-27(23(20)29)21-5-3-13-26-22(21)28/h6,11,14,18-19,21,25H,2-3,5,7-10,12-13,15,24H2,(H,26,28). The molecule has 1 aromatic rings. The number of nitrogens with zero attached hydrogens (tertiary/aromatic N) is 1. The highest BCUT2D eigenvalue weighted by Gasteiger charge is 2.37. The third-order valence-corrected chi connectivity index (χ3v) is 6.26. The smallest absolute Gasteiger partial charge is 0.255 e. The van der Waals surface area contributed by atoms with Gasteiger partial charge in [0.15, 0.2) is 0 Å². The third kappa shape index (κ3) is 4.63. The van der Waals surface area contributed by atoms with Crippen molar-refractivity contribution in [3.63, 3.8) is 0 Å². The molecule has 1 atom stereocenters. The first-order valence-electron chi connectivity index (χ1n) is 10.8. The van der Waals surface area contributed by atoms with Gasteiger partial charge in [-0.1, -0.05) is 11.8 Å². The van der Waals surface area contributed by atoms with Crippen molar-refractivity contribution >= 4 is 11.8 Å². The summed E-state index contributed by atoms with van der Waals surface area (Å²) >= 11 is 0. The number of benzene rings is 1. The van der Waals surface area contributed by atoms with Crippen molar-refractivity contribution in [3.05, 3.63) is 34.9 Å². The van der Waals surface area contributed by atoms with Gasteiger partial charge in [0.1, 0.15) is 6.04 Å². The van der Waals surface area contributed by atoms with Crippen molar-refractivity contribution in [3.8, 4) is 11.8 Å². The number of rotatable bonds is 4. The first-order valence-corrected chi connectivity index (χ1v) is 10.8. The maximum Gasteiger partial charge on any atom is 0.255 e. The predicted molar refractivity (Wildman–Crippen MR) is 112 cm³/mol. The van der Waals surface area contributed by atoms with Gasteiger partial charge in [-0.25, -0.2) is 0 Å². The lowest BCUT2D eigenvalue weighted by atomic mass is 9.92. The number of hydrogen-bond donors (Lipinski definition) is 3. The van der Waals surface area contributed by atoms with Crippen molar-refractivity contribution in [2.24, 2.45) is 5.73 Å². The quantitative estimate of drug-likeness (QED) is 0.534. The molecule has 2 heterocycles. The number of amides is 2. The van der Waals surface area contributed by atoms with Crippen LogP contribution in [0.5, 0.6) is 0 Å². The molecule has 0 radical (unpaired) electrons. The molecule has 1 aliphatic carbocycles. The van der Waals surface area contributed by atoms with Gasteiger partial charge in [0.25, 0.3) is 5.91 Å². The van der Waals surface area contributed by atoms with Gasteiger partial charge in [0.05, 0.1) is 0 Å². The summed E-state index contributed by atoms with van der Waals surface area (Å²) in [5.74, 6) is 6.37. The minimum atomic E-state index is -0.349. The Morgan fingerprint density at radius 2 is 2.00 bits per heavy atom. The van der Waals surface area contributed by atoms with Crippen LogP contribution in [-0.2, 0) is 11.3 Å². The summed E-state index contributed by atoms with van der Waals surface area (Å²) in [6.07, 6.45) is 6.97. The molecule has 1 aromatic carbocycles. The van der Waals surface area contributed by atoms with Crippen LogP contribution in [0.15, 0.2) is 18.2 Å². The van der Waals surface area contributed by atoms with Gasteiger partial charge < -0.3 is 21.3 Å². The second-order valence-electron chi connectivity index (χ2n) is 8.37. The SMILES string of the molecule is NC1CCC(NCCC#Cc2ccc3c(c2)CN(C2CCCNC2=O)C3=O)CC1. The molecule has 29 heavy (non-hydrogen) atoms. The van der Waals surface area contributed by atoms with Crippen LogP contribution >= 0.6 is 0 Å². The van der Waals surface area contributed by atoms with E-state index in [1.807, 2.05) is 18.2 Å². The van der Waals surface area contributed by atoms with Gasteiger partial charge in [-0.3, -0.25) is 9.59 Å². The molecule has 4 rings (SSSR count). The fourth-order valence-corrected chi connectivity index (χ4v) is 4.55. The van der Waals surface area contributed by atoms with E-state index in [0.717, 1.165) is 62.6 Å². The summed E-state index contributed by atoms with van der Waals surface area (Å²) in [4.78, 5) is 26.6. The van der Waals surface area contributed by atoms with E-state index >= 15 is 0 Å². The largest absolute Gasteiger partial charge is 0.354 e. The second kappa shape index (κ2) is 8.98. The minimum Gasteiger partial charge on any atom is -0.354 e. The zero-order valence-electron chi connectivity index (χ0n) is 16.9. The highest BCUT2D eigenvalue weighted by molar-refractivity contribution is 6.01. The number of hydrogen-bond acceptors (Lipinski definition) is 4. The Kier molecular flexibility index (Phi) is 6.17. The first kappa shape index (κ1) is 19.9. The molecule has 2 fully saturated rings. The lowest BCUT2D eigenvalue weighted by Gasteiger charge is -2.30. The maximum absolute atomic E-state index is 12.7. The average Bonchev–Trinajstić information content (AvgIpc) is 3.05. The minimum absolute atomic E-state index is 0.0372. The molecule has 0 aromatic heterocycles. The maximum atomic E-state index is 12.7. The Hall–Kier alpha value is -2.36. The molecule has 6 nitrogen and oxygen atoms in total. The van der Waals surface area contributed by atoms with E-state index in [0.29, 0.717) is 30.7 Å². The van der Waals surface area contributed by atoms with Gasteiger partial charge in [-0.2, -0.15) is 0 Å². The molecule has 1 saturated carbocycles. The topological polar surface area (TPSA) is 87.5 Å². The van der Waals surface area contributed by atoms with Gasteiger partial charge in [-0.05, 0) is 62.3 Å². The summed E-state index contributed by atoms with van der Waals surface area (Å²) < 4.78 is 0. The van der Waals surface area contributed by atoms with Crippen molar-refractivity contribution < 1.29 is 9.59 Å². The molecule has 3 aliphatic rings. The van der Waals surface area contributed by atoms with E-state index in [9.17, 15) is 9.59 Å². The van der Waals surface area contributed by atoms with E-state index in [4.69, 9.17) is 5.73 Å². The van der Waals surface area contributed by atoms with E-state index in [-0.39, 0.29) is 17.9 Å². The number of nitrogens with one attached hydrogen (secondary N) is 2. The molecule has 1 saturated heterocycles. The predicted octanol–water partition coefficient (Wildman–Crippen LogP) is 1.52. The van der Waals surface area contributed by atoms with Crippen LogP contribution in [0.1, 0.15) is 66.4 Å². The summed E-state index contributed by atoms with van der Waals surface area (Å²) in [7, 11) is 0. The molecule has 0 bridgehead atoms. The molecule has 6 heteroatoms. The Morgan fingerprint density at radius 1 is 1.17 bits per heavy atom. The Morgan fingerprint density at radius 3 is 2.79 bits per heavy atom. The fraction of sp³-hybridized carbons (Fsp3) is 0.565. The number of carbonyl (C=O) groups excluding carboxylic acids is 2. The van der Waals surface area contributed by atoms with E-state index in [1.54, 1.807) is 4.90 Å². The van der Waals surface area contributed by atoms with Crippen LogP contribution in [0, 0.1) is 11.8 Å². The highest BCUT2D eigenvalue weighted by atomic mass is 16.2. The van der Waals surface area contributed by atoms with Crippen molar-refractivity contribution in [1.82, 2.24) is 15.5 Å². The van der Waals surface area contributed by atoms with Crippen LogP contribution in [0.25, 0.3) is 0 Å². The molecule has 154 valence electrons. The third-order valence-electron chi connectivity index (χ3n) is 6.26. The first-order chi connectivity index (χ1) is 14.1. The van der Waals surface area contributed by atoms with Crippen LogP contribution in [0.3, 0.4) is 0 Å². The Balaban J connectivity index is 1.31. The lowest BCUT2D eigenvalue weighted by molar-refractivity contribution is -0.127. The zero-order valence-corrected chi connectivity index (χ0v) is 16.9. The molecular formula is C23H30N4O2. The van der Waals surface area contributed by atoms with Gasteiger partial charge in [-0.15, -0.1) is 0 Å². The van der Waals surface area contributed by atoms with E-state index in [1.165, 1.54) is 0 Å². The summed E-state index contributed by atoms with van der Waals surface area (Å²) in [5, 5.41) is 6.44. The van der Waals surface area contributed by atoms with Gasteiger partial charge in [0.2, 0.25) is 5.91 Å². The lowest BCUT2D eigenvalue weighted by Crippen LogP contribution is -2.50. The molecule has 2 aliphatic heterocycles. The molecular weight excluding hydrogens is 364 g/mol. The van der Waals surface area contributed by atoms with Gasteiger partial charge in [0, 0.05) is 49.3 Å². The summed E-state index contributed by atoms with van der Waals surface area (Å²) in [6.45, 7) is 2.08. The van der Waals surface area contributed by atoms with Crippen molar-refractivity contribution in [2.45, 2.75) is 69.6 Å². The molecule has 0 spiro atoms. The number of fused-ring (bicyclic) bond motifs is 1. The van der Waals surface area contributed by atoms with Crippen molar-refractivity contribution in [2.75, 3.05) is 13.1 Å². The monoisotopic (exact) mass is 394 g/mol. The normalized spacial score (nSPS) is 26.5. The number of nitrogens with two attached hydrogens (primary N) is 1. The van der Waals surface area contributed by atoms with Crippen LogP contribution in [0.4, 0.5) is 0 Å². The zero-order chi connectivity index (χ0) is 20.2. The summed E-state index contributed by atoms with van der Waals surface area (Å²) in [6, 6.07) is 6.36. The van der Waals surface area contributed by atoms with E-state index in [2.05, 4.69) is 22.5 Å². The molecule has 2 amide bonds. The van der Waals surface area contributed by atoms with Crippen molar-refractivity contribution in [1.29, 1.82) is 0 Å². The number of piperidine rings is 1. The Bertz CT molecular complexity index is 833. The van der Waals surface area contributed by atoms with E-state index < -0.39 is 0 Å². The molecule has 4 N–H and O–H groups in total. The van der Waals surface area contributed by atoms with Crippen LogP contribution < -0.4 is 16.4 Å².